The Morgan fingerprint density at radius 3 is 2.56 bits per heavy atom. The summed E-state index contributed by atoms with van der Waals surface area (Å²) in [6.07, 6.45) is 1.04. The molecule has 0 aliphatic carbocycles. The van der Waals surface area contributed by atoms with Gasteiger partial charge in [0, 0.05) is 12.1 Å². The predicted molar refractivity (Wildman–Crippen MR) is 88.8 cm³/mol. The van der Waals surface area contributed by atoms with Crippen molar-refractivity contribution in [1.29, 1.82) is 0 Å². The van der Waals surface area contributed by atoms with Crippen molar-refractivity contribution in [2.45, 2.75) is 31.8 Å². The Morgan fingerprint density at radius 1 is 1.24 bits per heavy atom. The highest BCUT2D eigenvalue weighted by molar-refractivity contribution is 5.98. The molecule has 3 N–H and O–H groups in total. The van der Waals surface area contributed by atoms with Gasteiger partial charge in [0.15, 0.2) is 0 Å². The van der Waals surface area contributed by atoms with Gasteiger partial charge in [-0.2, -0.15) is 0 Å². The number of nitrogens with zero attached hydrogens (tertiary/aromatic N) is 1. The fourth-order valence-corrected chi connectivity index (χ4v) is 2.67. The fraction of sp³-hybridized carbons (Fsp3) is 0.412. The quantitative estimate of drug-likeness (QED) is 0.670. The molecule has 3 amide bonds. The van der Waals surface area contributed by atoms with Crippen LogP contribution in [0.3, 0.4) is 0 Å². The molecule has 8 heteroatoms. The van der Waals surface area contributed by atoms with Crippen LogP contribution in [0.4, 0.5) is 0 Å². The first-order valence-corrected chi connectivity index (χ1v) is 8.06. The lowest BCUT2D eigenvalue weighted by Gasteiger charge is -2.22. The molecule has 0 radical (unpaired) electrons. The summed E-state index contributed by atoms with van der Waals surface area (Å²) in [5.74, 6) is -2.38. The normalized spacial score (nSPS) is 17.6. The molecular weight excluding hydrogens is 326 g/mol. The number of carboxylic acids is 1. The van der Waals surface area contributed by atoms with Gasteiger partial charge in [0.1, 0.15) is 12.1 Å². The van der Waals surface area contributed by atoms with Gasteiger partial charge in [0.05, 0.1) is 6.54 Å². The van der Waals surface area contributed by atoms with Gasteiger partial charge in [-0.25, -0.2) is 4.79 Å². The fourth-order valence-electron chi connectivity index (χ4n) is 2.67. The van der Waals surface area contributed by atoms with E-state index in [0.717, 1.165) is 0 Å². The third-order valence-electron chi connectivity index (χ3n) is 4.05. The lowest BCUT2D eigenvalue weighted by atomic mass is 10.2. The summed E-state index contributed by atoms with van der Waals surface area (Å²) in [7, 11) is 0. The predicted octanol–water partition coefficient (Wildman–Crippen LogP) is -0.00330. The molecule has 2 unspecified atom stereocenters. The molecule has 8 nitrogen and oxygen atoms in total. The molecule has 2 atom stereocenters. The van der Waals surface area contributed by atoms with Crippen LogP contribution in [0, 0.1) is 0 Å². The van der Waals surface area contributed by atoms with Crippen molar-refractivity contribution >= 4 is 23.7 Å². The van der Waals surface area contributed by atoms with E-state index in [-0.39, 0.29) is 12.5 Å². The van der Waals surface area contributed by atoms with Gasteiger partial charge in [0.2, 0.25) is 11.8 Å². The monoisotopic (exact) mass is 347 g/mol. The Hall–Kier alpha value is -2.90. The molecule has 1 aromatic rings. The van der Waals surface area contributed by atoms with Crippen LogP contribution in [0.15, 0.2) is 30.3 Å². The number of likely N-dealkylation sites (tertiary alicyclic amines) is 1. The number of carbonyl (C=O) groups is 4. The van der Waals surface area contributed by atoms with Gasteiger partial charge in [-0.15, -0.1) is 0 Å². The number of rotatable bonds is 6. The number of amides is 3. The average Bonchev–Trinajstić information content (AvgIpc) is 3.10. The minimum Gasteiger partial charge on any atom is -0.480 e. The summed E-state index contributed by atoms with van der Waals surface area (Å²) in [4.78, 5) is 48.5. The second-order valence-corrected chi connectivity index (χ2v) is 5.86. The van der Waals surface area contributed by atoms with Gasteiger partial charge in [-0.3, -0.25) is 14.4 Å². The SMILES string of the molecule is CC(NC(=O)c1ccccc1)C(=O)NCC(=O)N1CCCC1C(=O)O. The molecule has 0 spiro atoms. The van der Waals surface area contributed by atoms with Crippen LogP contribution >= 0.6 is 0 Å². The van der Waals surface area contributed by atoms with E-state index in [1.807, 2.05) is 0 Å². The van der Waals surface area contributed by atoms with Crippen LogP contribution in [-0.2, 0) is 14.4 Å². The molecule has 1 fully saturated rings. The molecule has 2 rings (SSSR count). The van der Waals surface area contributed by atoms with Crippen LogP contribution in [0.2, 0.25) is 0 Å². The first kappa shape index (κ1) is 18.4. The molecule has 1 aliphatic heterocycles. The van der Waals surface area contributed by atoms with Gasteiger partial charge in [-0.1, -0.05) is 18.2 Å². The van der Waals surface area contributed by atoms with Crippen LogP contribution in [-0.4, -0.2) is 58.9 Å². The summed E-state index contributed by atoms with van der Waals surface area (Å²) in [5, 5.41) is 14.1. The van der Waals surface area contributed by atoms with Crippen LogP contribution in [0.1, 0.15) is 30.1 Å². The molecule has 0 aromatic heterocycles. The highest BCUT2D eigenvalue weighted by Gasteiger charge is 2.33. The van der Waals surface area contributed by atoms with Crippen molar-refractivity contribution in [3.63, 3.8) is 0 Å². The Balaban J connectivity index is 1.82. The number of benzene rings is 1. The smallest absolute Gasteiger partial charge is 0.326 e. The van der Waals surface area contributed by atoms with Crippen molar-refractivity contribution in [2.24, 2.45) is 0 Å². The Kier molecular flexibility index (Phi) is 6.10. The first-order valence-electron chi connectivity index (χ1n) is 8.06. The second kappa shape index (κ2) is 8.27. The zero-order chi connectivity index (χ0) is 18.4. The molecule has 0 saturated carbocycles. The summed E-state index contributed by atoms with van der Waals surface area (Å²) < 4.78 is 0. The summed E-state index contributed by atoms with van der Waals surface area (Å²) in [6, 6.07) is 6.81. The third-order valence-corrected chi connectivity index (χ3v) is 4.05. The van der Waals surface area contributed by atoms with Crippen molar-refractivity contribution in [3.05, 3.63) is 35.9 Å². The highest BCUT2D eigenvalue weighted by Crippen LogP contribution is 2.17. The zero-order valence-electron chi connectivity index (χ0n) is 13.9. The zero-order valence-corrected chi connectivity index (χ0v) is 13.9. The number of nitrogens with one attached hydrogen (secondary N) is 2. The maximum absolute atomic E-state index is 12.1. The van der Waals surface area contributed by atoms with E-state index in [2.05, 4.69) is 10.6 Å². The Morgan fingerprint density at radius 2 is 1.92 bits per heavy atom. The number of carboxylic acid groups (broad SMARTS) is 1. The number of hydrogen-bond acceptors (Lipinski definition) is 4. The summed E-state index contributed by atoms with van der Waals surface area (Å²) in [5.41, 5.74) is 0.430. The summed E-state index contributed by atoms with van der Waals surface area (Å²) >= 11 is 0. The van der Waals surface area contributed by atoms with Crippen LogP contribution < -0.4 is 10.6 Å². The van der Waals surface area contributed by atoms with E-state index in [1.165, 1.54) is 11.8 Å². The van der Waals surface area contributed by atoms with E-state index in [4.69, 9.17) is 5.11 Å². The van der Waals surface area contributed by atoms with E-state index in [9.17, 15) is 19.2 Å². The Labute approximate surface area is 145 Å². The largest absolute Gasteiger partial charge is 0.480 e. The average molecular weight is 347 g/mol. The molecule has 25 heavy (non-hydrogen) atoms. The minimum atomic E-state index is -1.04. The van der Waals surface area contributed by atoms with E-state index in [0.29, 0.717) is 24.9 Å². The van der Waals surface area contributed by atoms with Crippen molar-refractivity contribution in [1.82, 2.24) is 15.5 Å². The first-order chi connectivity index (χ1) is 11.9. The lowest BCUT2D eigenvalue weighted by Crippen LogP contribution is -2.49. The lowest BCUT2D eigenvalue weighted by molar-refractivity contribution is -0.148. The van der Waals surface area contributed by atoms with E-state index in [1.54, 1.807) is 30.3 Å². The van der Waals surface area contributed by atoms with Crippen molar-refractivity contribution < 1.29 is 24.3 Å². The van der Waals surface area contributed by atoms with E-state index >= 15 is 0 Å². The van der Waals surface area contributed by atoms with Crippen molar-refractivity contribution in [2.75, 3.05) is 13.1 Å². The van der Waals surface area contributed by atoms with Crippen LogP contribution in [0.25, 0.3) is 0 Å². The standard InChI is InChI=1S/C17H21N3O5/c1-11(19-16(23)12-6-3-2-4-7-12)15(22)18-10-14(21)20-9-5-8-13(20)17(24)25/h2-4,6-7,11,13H,5,8-10H2,1H3,(H,18,22)(H,19,23)(H,24,25). The number of hydrogen-bond donors (Lipinski definition) is 3. The van der Waals surface area contributed by atoms with Gasteiger partial charge < -0.3 is 20.6 Å². The van der Waals surface area contributed by atoms with Crippen molar-refractivity contribution in [3.8, 4) is 0 Å². The van der Waals surface area contributed by atoms with E-state index < -0.39 is 29.9 Å². The number of aliphatic carboxylic acids is 1. The molecular formula is C17H21N3O5. The second-order valence-electron chi connectivity index (χ2n) is 5.86. The maximum atomic E-state index is 12.1. The summed E-state index contributed by atoms with van der Waals surface area (Å²) in [6.45, 7) is 1.58. The molecule has 134 valence electrons. The maximum Gasteiger partial charge on any atom is 0.326 e. The molecule has 1 aromatic carbocycles. The Bertz CT molecular complexity index is 662. The molecule has 1 heterocycles. The van der Waals surface area contributed by atoms with Gasteiger partial charge >= 0.3 is 5.97 Å². The molecule has 0 bridgehead atoms. The molecule has 1 saturated heterocycles. The highest BCUT2D eigenvalue weighted by atomic mass is 16.4. The van der Waals surface area contributed by atoms with Gasteiger partial charge in [-0.05, 0) is 31.9 Å². The third kappa shape index (κ3) is 4.79. The molecule has 1 aliphatic rings. The topological polar surface area (TPSA) is 116 Å². The van der Waals surface area contributed by atoms with Crippen LogP contribution in [0.5, 0.6) is 0 Å². The van der Waals surface area contributed by atoms with Gasteiger partial charge in [0.25, 0.3) is 5.91 Å². The number of carbonyl (C=O) groups excluding carboxylic acids is 3. The minimum absolute atomic E-state index is 0.297.